The Balaban J connectivity index is 2.10. The maximum atomic E-state index is 9.51. The van der Waals surface area contributed by atoms with Gasteiger partial charge >= 0.3 is 0 Å². The predicted octanol–water partition coefficient (Wildman–Crippen LogP) is 2.54. The highest BCUT2D eigenvalue weighted by molar-refractivity contribution is 6.36. The topological polar surface area (TPSA) is 56.6 Å². The maximum Gasteiger partial charge on any atom is 0.0914 e. The van der Waals surface area contributed by atoms with Gasteiger partial charge in [-0.25, -0.2) is 0 Å². The Morgan fingerprint density at radius 2 is 1.82 bits per heavy atom. The fourth-order valence-corrected chi connectivity index (χ4v) is 3.48. The number of aliphatic hydroxyl groups is 2. The first kappa shape index (κ1) is 15.5. The molecule has 1 saturated heterocycles. The van der Waals surface area contributed by atoms with E-state index in [4.69, 9.17) is 11.6 Å². The monoisotopic (exact) mass is 320 g/mol. The Morgan fingerprint density at radius 1 is 1.18 bits per heavy atom. The smallest absolute Gasteiger partial charge is 0.0914 e. The molecule has 118 valence electrons. The third-order valence-corrected chi connectivity index (χ3v) is 5.08. The van der Waals surface area contributed by atoms with Crippen LogP contribution in [0.1, 0.15) is 11.3 Å². The standard InChI is InChI=1S/C17H21ClN2O2/c1-10-3-4-14-15(5-11(2)19-17(14)16(10)18)20-6-12(8-21)13(7-20)9-22/h3-5,12-13,21-22H,6-9H2,1-2H3/t12-,13-/m0/s1. The van der Waals surface area contributed by atoms with Crippen LogP contribution in [0.5, 0.6) is 0 Å². The Bertz CT molecular complexity index is 693. The van der Waals surface area contributed by atoms with E-state index in [2.05, 4.69) is 22.0 Å². The molecule has 1 aliphatic heterocycles. The van der Waals surface area contributed by atoms with E-state index in [1.54, 1.807) is 0 Å². The highest BCUT2D eigenvalue weighted by Gasteiger charge is 2.32. The number of aryl methyl sites for hydroxylation is 2. The number of hydrogen-bond donors (Lipinski definition) is 2. The summed E-state index contributed by atoms with van der Waals surface area (Å²) in [4.78, 5) is 6.82. The summed E-state index contributed by atoms with van der Waals surface area (Å²) in [5.74, 6) is 0.212. The van der Waals surface area contributed by atoms with Gasteiger partial charge in [0.1, 0.15) is 0 Å². The average Bonchev–Trinajstić information content (AvgIpc) is 2.94. The minimum Gasteiger partial charge on any atom is -0.396 e. The van der Waals surface area contributed by atoms with Crippen LogP contribution in [0.25, 0.3) is 10.9 Å². The van der Waals surface area contributed by atoms with E-state index < -0.39 is 0 Å². The molecule has 4 nitrogen and oxygen atoms in total. The van der Waals surface area contributed by atoms with Gasteiger partial charge in [0.05, 0.1) is 10.5 Å². The lowest BCUT2D eigenvalue weighted by atomic mass is 9.98. The number of halogens is 1. The van der Waals surface area contributed by atoms with Crippen LogP contribution >= 0.6 is 11.6 Å². The molecule has 3 rings (SSSR count). The molecule has 2 aromatic rings. The molecule has 0 saturated carbocycles. The van der Waals surface area contributed by atoms with Crippen molar-refractivity contribution in [2.75, 3.05) is 31.2 Å². The van der Waals surface area contributed by atoms with E-state index in [-0.39, 0.29) is 25.0 Å². The second-order valence-electron chi connectivity index (χ2n) is 6.17. The van der Waals surface area contributed by atoms with Gasteiger partial charge in [-0.1, -0.05) is 23.7 Å². The fraction of sp³-hybridized carbons (Fsp3) is 0.471. The average molecular weight is 321 g/mol. The van der Waals surface area contributed by atoms with Crippen molar-refractivity contribution in [2.24, 2.45) is 11.8 Å². The summed E-state index contributed by atoms with van der Waals surface area (Å²) in [6.45, 7) is 5.63. The zero-order chi connectivity index (χ0) is 15.9. The number of anilines is 1. The quantitative estimate of drug-likeness (QED) is 0.912. The zero-order valence-corrected chi connectivity index (χ0v) is 13.6. The van der Waals surface area contributed by atoms with Crippen LogP contribution in [0.2, 0.25) is 5.02 Å². The zero-order valence-electron chi connectivity index (χ0n) is 12.9. The van der Waals surface area contributed by atoms with Crippen molar-refractivity contribution in [2.45, 2.75) is 13.8 Å². The van der Waals surface area contributed by atoms with E-state index in [1.807, 2.05) is 19.9 Å². The van der Waals surface area contributed by atoms with Crippen LogP contribution in [0.15, 0.2) is 18.2 Å². The minimum absolute atomic E-state index is 0.101. The molecule has 0 bridgehead atoms. The first-order valence-electron chi connectivity index (χ1n) is 7.58. The van der Waals surface area contributed by atoms with Crippen molar-refractivity contribution < 1.29 is 10.2 Å². The number of rotatable bonds is 3. The third-order valence-electron chi connectivity index (χ3n) is 4.61. The van der Waals surface area contributed by atoms with E-state index in [0.29, 0.717) is 5.02 Å². The molecule has 0 aliphatic carbocycles. The number of hydrogen-bond acceptors (Lipinski definition) is 4. The number of benzene rings is 1. The Kier molecular flexibility index (Phi) is 4.26. The second-order valence-corrected chi connectivity index (χ2v) is 6.54. The Labute approximate surface area is 135 Å². The van der Waals surface area contributed by atoms with E-state index in [0.717, 1.165) is 40.9 Å². The van der Waals surface area contributed by atoms with Crippen LogP contribution < -0.4 is 4.90 Å². The summed E-state index contributed by atoms with van der Waals surface area (Å²) in [5.41, 5.74) is 3.84. The Hall–Kier alpha value is -1.36. The highest BCUT2D eigenvalue weighted by atomic mass is 35.5. The van der Waals surface area contributed by atoms with Gasteiger partial charge in [0.15, 0.2) is 0 Å². The summed E-state index contributed by atoms with van der Waals surface area (Å²) in [6, 6.07) is 6.12. The van der Waals surface area contributed by atoms with Crippen molar-refractivity contribution in [3.63, 3.8) is 0 Å². The molecular formula is C17H21ClN2O2. The lowest BCUT2D eigenvalue weighted by Gasteiger charge is -2.21. The molecule has 2 atom stereocenters. The molecule has 22 heavy (non-hydrogen) atoms. The van der Waals surface area contributed by atoms with Crippen molar-refractivity contribution in [3.05, 3.63) is 34.5 Å². The van der Waals surface area contributed by atoms with Crippen LogP contribution in [-0.2, 0) is 0 Å². The first-order chi connectivity index (χ1) is 10.5. The predicted molar refractivity (Wildman–Crippen MR) is 89.6 cm³/mol. The highest BCUT2D eigenvalue weighted by Crippen LogP contribution is 2.36. The number of aliphatic hydroxyl groups excluding tert-OH is 2. The lowest BCUT2D eigenvalue weighted by molar-refractivity contribution is 0.152. The van der Waals surface area contributed by atoms with E-state index >= 15 is 0 Å². The molecular weight excluding hydrogens is 300 g/mol. The molecule has 0 radical (unpaired) electrons. The second kappa shape index (κ2) is 6.03. The maximum absolute atomic E-state index is 9.51. The van der Waals surface area contributed by atoms with Gasteiger partial charge in [-0.05, 0) is 25.5 Å². The van der Waals surface area contributed by atoms with Crippen molar-refractivity contribution in [1.29, 1.82) is 0 Å². The van der Waals surface area contributed by atoms with E-state index in [1.165, 1.54) is 0 Å². The van der Waals surface area contributed by atoms with Gasteiger partial charge in [0, 0.05) is 54.9 Å². The number of aromatic nitrogens is 1. The lowest BCUT2D eigenvalue weighted by Crippen LogP contribution is -2.21. The molecule has 5 heteroatoms. The van der Waals surface area contributed by atoms with Gasteiger partial charge in [-0.15, -0.1) is 0 Å². The normalized spacial score (nSPS) is 21.8. The SMILES string of the molecule is Cc1cc(N2C[C@@H](CO)[C@H](CO)C2)c2ccc(C)c(Cl)c2n1. The fourth-order valence-electron chi connectivity index (χ4n) is 3.28. The largest absolute Gasteiger partial charge is 0.396 e. The summed E-state index contributed by atoms with van der Waals surface area (Å²) in [5, 5.41) is 20.7. The molecule has 1 aromatic carbocycles. The van der Waals surface area contributed by atoms with Crippen molar-refractivity contribution in [1.82, 2.24) is 4.98 Å². The van der Waals surface area contributed by atoms with Gasteiger partial charge < -0.3 is 15.1 Å². The number of fused-ring (bicyclic) bond motifs is 1. The third kappa shape index (κ3) is 2.56. The minimum atomic E-state index is 0.101. The number of nitrogens with zero attached hydrogens (tertiary/aromatic N) is 2. The summed E-state index contributed by atoms with van der Waals surface area (Å²) in [6.07, 6.45) is 0. The molecule has 0 spiro atoms. The van der Waals surface area contributed by atoms with Gasteiger partial charge in [-0.2, -0.15) is 0 Å². The van der Waals surface area contributed by atoms with Gasteiger partial charge in [-0.3, -0.25) is 4.98 Å². The molecule has 2 N–H and O–H groups in total. The van der Waals surface area contributed by atoms with Crippen LogP contribution in [-0.4, -0.2) is 41.5 Å². The molecule has 0 amide bonds. The molecule has 1 aliphatic rings. The van der Waals surface area contributed by atoms with E-state index in [9.17, 15) is 10.2 Å². The summed E-state index contributed by atoms with van der Waals surface area (Å²) >= 11 is 6.43. The Morgan fingerprint density at radius 3 is 2.41 bits per heavy atom. The van der Waals surface area contributed by atoms with Crippen LogP contribution in [0.4, 0.5) is 5.69 Å². The summed E-state index contributed by atoms with van der Waals surface area (Å²) in [7, 11) is 0. The first-order valence-corrected chi connectivity index (χ1v) is 7.96. The van der Waals surface area contributed by atoms with Gasteiger partial charge in [0.2, 0.25) is 0 Å². The molecule has 2 heterocycles. The van der Waals surface area contributed by atoms with Gasteiger partial charge in [0.25, 0.3) is 0 Å². The van der Waals surface area contributed by atoms with Crippen molar-refractivity contribution >= 4 is 28.2 Å². The molecule has 1 fully saturated rings. The van der Waals surface area contributed by atoms with Crippen LogP contribution in [0, 0.1) is 25.7 Å². The molecule has 0 unspecified atom stereocenters. The summed E-state index contributed by atoms with van der Waals surface area (Å²) < 4.78 is 0. The number of pyridine rings is 1. The van der Waals surface area contributed by atoms with Crippen LogP contribution in [0.3, 0.4) is 0 Å². The van der Waals surface area contributed by atoms with Crippen molar-refractivity contribution in [3.8, 4) is 0 Å². The molecule has 1 aromatic heterocycles.